The van der Waals surface area contributed by atoms with E-state index in [9.17, 15) is 17.6 Å². The van der Waals surface area contributed by atoms with Gasteiger partial charge in [-0.3, -0.25) is 4.79 Å². The predicted molar refractivity (Wildman–Crippen MR) is 106 cm³/mol. The predicted octanol–water partition coefficient (Wildman–Crippen LogP) is 2.51. The van der Waals surface area contributed by atoms with Crippen LogP contribution in [0.4, 0.5) is 4.39 Å². The lowest BCUT2D eigenvalue weighted by atomic mass is 9.94. The molecule has 1 aromatic carbocycles. The lowest BCUT2D eigenvalue weighted by molar-refractivity contribution is -0.127. The first-order valence-electron chi connectivity index (χ1n) is 9.61. The number of carbonyl (C=O) groups is 1. The first-order valence-corrected chi connectivity index (χ1v) is 11.4. The Hall–Kier alpha value is -1.22. The van der Waals surface area contributed by atoms with Crippen molar-refractivity contribution in [1.82, 2.24) is 9.62 Å². The lowest BCUT2D eigenvalue weighted by Gasteiger charge is -2.28. The normalized spacial score (nSPS) is 27.4. The van der Waals surface area contributed by atoms with Crippen LogP contribution in [0.2, 0.25) is 5.02 Å². The van der Waals surface area contributed by atoms with Gasteiger partial charge in [-0.15, -0.1) is 0 Å². The minimum absolute atomic E-state index is 0.0167. The fourth-order valence-electron chi connectivity index (χ4n) is 4.35. The molecular formula is C19H27ClFN3O3S. The average Bonchev–Trinajstić information content (AvgIpc) is 3.19. The van der Waals surface area contributed by atoms with Gasteiger partial charge in [0.25, 0.3) is 0 Å². The van der Waals surface area contributed by atoms with E-state index in [2.05, 4.69) is 5.32 Å². The Balaban J connectivity index is 1.72. The van der Waals surface area contributed by atoms with Crippen LogP contribution in [0.5, 0.6) is 0 Å². The second-order valence-electron chi connectivity index (χ2n) is 8.15. The van der Waals surface area contributed by atoms with Crippen LogP contribution in [-0.4, -0.2) is 43.3 Å². The molecule has 28 heavy (non-hydrogen) atoms. The van der Waals surface area contributed by atoms with Gasteiger partial charge in [0.1, 0.15) is 5.82 Å². The molecule has 156 valence electrons. The Morgan fingerprint density at radius 1 is 1.39 bits per heavy atom. The van der Waals surface area contributed by atoms with Gasteiger partial charge in [-0.1, -0.05) is 24.9 Å². The van der Waals surface area contributed by atoms with E-state index in [0.717, 1.165) is 31.4 Å². The summed E-state index contributed by atoms with van der Waals surface area (Å²) >= 11 is 5.75. The second kappa shape index (κ2) is 7.89. The topological polar surface area (TPSA) is 92.5 Å². The van der Waals surface area contributed by atoms with Crippen molar-refractivity contribution in [2.45, 2.75) is 56.0 Å². The maximum Gasteiger partial charge on any atom is 0.243 e. The van der Waals surface area contributed by atoms with Crippen LogP contribution < -0.4 is 11.1 Å². The Kier molecular flexibility index (Phi) is 6.06. The number of fused-ring (bicyclic) bond motifs is 1. The van der Waals surface area contributed by atoms with Crippen molar-refractivity contribution in [3.8, 4) is 0 Å². The molecule has 9 heteroatoms. The quantitative estimate of drug-likeness (QED) is 0.723. The molecular weight excluding hydrogens is 405 g/mol. The summed E-state index contributed by atoms with van der Waals surface area (Å²) in [5, 5.41) is 2.83. The van der Waals surface area contributed by atoms with Gasteiger partial charge in [-0.2, -0.15) is 4.31 Å². The monoisotopic (exact) mass is 431 g/mol. The van der Waals surface area contributed by atoms with Crippen molar-refractivity contribution in [2.75, 3.05) is 13.1 Å². The average molecular weight is 432 g/mol. The summed E-state index contributed by atoms with van der Waals surface area (Å²) in [7, 11) is -3.76. The van der Waals surface area contributed by atoms with E-state index in [4.69, 9.17) is 17.3 Å². The highest BCUT2D eigenvalue weighted by Gasteiger charge is 2.47. The van der Waals surface area contributed by atoms with Gasteiger partial charge < -0.3 is 11.1 Å². The molecule has 0 radical (unpaired) electrons. The molecule has 3 N–H and O–H groups in total. The highest BCUT2D eigenvalue weighted by molar-refractivity contribution is 7.89. The molecule has 2 unspecified atom stereocenters. The van der Waals surface area contributed by atoms with Crippen molar-refractivity contribution >= 4 is 27.5 Å². The molecule has 1 amide bonds. The van der Waals surface area contributed by atoms with Gasteiger partial charge in [0.2, 0.25) is 15.9 Å². The third-order valence-electron chi connectivity index (χ3n) is 5.96. The van der Waals surface area contributed by atoms with E-state index in [1.54, 1.807) is 6.92 Å². The number of amides is 1. The largest absolute Gasteiger partial charge is 0.351 e. The van der Waals surface area contributed by atoms with Crippen LogP contribution in [0.3, 0.4) is 0 Å². The van der Waals surface area contributed by atoms with Crippen molar-refractivity contribution in [1.29, 1.82) is 0 Å². The molecule has 1 aliphatic carbocycles. The Morgan fingerprint density at radius 2 is 2.11 bits per heavy atom. The van der Waals surface area contributed by atoms with E-state index in [-0.39, 0.29) is 33.7 Å². The second-order valence-corrected chi connectivity index (χ2v) is 10.5. The van der Waals surface area contributed by atoms with E-state index in [1.165, 1.54) is 10.4 Å². The van der Waals surface area contributed by atoms with Gasteiger partial charge in [0, 0.05) is 19.1 Å². The summed E-state index contributed by atoms with van der Waals surface area (Å²) < 4.78 is 40.7. The smallest absolute Gasteiger partial charge is 0.243 e. The number of hydrogen-bond donors (Lipinski definition) is 2. The van der Waals surface area contributed by atoms with E-state index >= 15 is 0 Å². The van der Waals surface area contributed by atoms with E-state index in [0.29, 0.717) is 19.5 Å². The zero-order valence-electron chi connectivity index (χ0n) is 16.1. The fraction of sp³-hybridized carbons (Fsp3) is 0.632. The maximum atomic E-state index is 13.4. The highest BCUT2D eigenvalue weighted by atomic mass is 35.5. The molecule has 2 aliphatic rings. The molecule has 0 aromatic heterocycles. The number of carbonyl (C=O) groups excluding carboxylic acids is 1. The molecule has 2 fully saturated rings. The van der Waals surface area contributed by atoms with Crippen LogP contribution in [0.25, 0.3) is 0 Å². The van der Waals surface area contributed by atoms with E-state index in [1.807, 2.05) is 6.92 Å². The van der Waals surface area contributed by atoms with Gasteiger partial charge in [-0.05, 0) is 56.2 Å². The standard InChI is InChI=1S/C19H27ClFN3O3S/c1-3-8-19(2,22)18(25)23-17-7-4-12-10-24(11-14(12)17)28(26,27)13-5-6-16(21)15(20)9-13/h5-6,9,12,14,17H,3-4,7-8,10-11,22H2,1-2H3,(H,23,25)/t12?,14-,17?,19-/m0/s1. The number of nitrogens with one attached hydrogen (secondary N) is 1. The van der Waals surface area contributed by atoms with Crippen molar-refractivity contribution in [3.63, 3.8) is 0 Å². The summed E-state index contributed by atoms with van der Waals surface area (Å²) in [6.07, 6.45) is 3.06. The number of benzene rings is 1. The van der Waals surface area contributed by atoms with Crippen LogP contribution in [0.1, 0.15) is 39.5 Å². The number of hydrogen-bond acceptors (Lipinski definition) is 4. The number of nitrogens with zero attached hydrogens (tertiary/aromatic N) is 1. The molecule has 1 heterocycles. The minimum atomic E-state index is -3.76. The summed E-state index contributed by atoms with van der Waals surface area (Å²) in [6.45, 7) is 4.42. The minimum Gasteiger partial charge on any atom is -0.351 e. The molecule has 0 spiro atoms. The van der Waals surface area contributed by atoms with Gasteiger partial charge in [0.05, 0.1) is 15.5 Å². The number of sulfonamides is 1. The lowest BCUT2D eigenvalue weighted by Crippen LogP contribution is -2.55. The number of halogens is 2. The number of nitrogens with two attached hydrogens (primary N) is 1. The van der Waals surface area contributed by atoms with E-state index < -0.39 is 21.4 Å². The molecule has 6 nitrogen and oxygen atoms in total. The third-order valence-corrected chi connectivity index (χ3v) is 8.07. The van der Waals surface area contributed by atoms with Crippen molar-refractivity contribution in [3.05, 3.63) is 29.0 Å². The van der Waals surface area contributed by atoms with Crippen molar-refractivity contribution < 1.29 is 17.6 Å². The fourth-order valence-corrected chi connectivity index (χ4v) is 6.16. The molecule has 1 aliphatic heterocycles. The number of rotatable bonds is 6. The molecule has 4 atom stereocenters. The molecule has 1 aromatic rings. The van der Waals surface area contributed by atoms with Crippen LogP contribution in [0.15, 0.2) is 23.1 Å². The Bertz CT molecular complexity index is 862. The maximum absolute atomic E-state index is 13.4. The van der Waals surface area contributed by atoms with Crippen LogP contribution in [0, 0.1) is 17.7 Å². The Labute approximate surface area is 170 Å². The first kappa shape index (κ1) is 21.5. The zero-order chi connectivity index (χ0) is 20.7. The molecule has 3 rings (SSSR count). The SMILES string of the molecule is CCC[C@](C)(N)C(=O)NC1CCC2CN(S(=O)(=O)c3ccc(F)c(Cl)c3)C[C@@H]21. The zero-order valence-corrected chi connectivity index (χ0v) is 17.7. The summed E-state index contributed by atoms with van der Waals surface area (Å²) in [4.78, 5) is 12.5. The summed E-state index contributed by atoms with van der Waals surface area (Å²) in [6, 6.07) is 3.35. The summed E-state index contributed by atoms with van der Waals surface area (Å²) in [5.41, 5.74) is 5.20. The molecule has 1 saturated heterocycles. The Morgan fingerprint density at radius 3 is 2.75 bits per heavy atom. The molecule has 1 saturated carbocycles. The van der Waals surface area contributed by atoms with Gasteiger partial charge in [-0.25, -0.2) is 12.8 Å². The summed E-state index contributed by atoms with van der Waals surface area (Å²) in [5.74, 6) is -0.608. The highest BCUT2D eigenvalue weighted by Crippen LogP contribution is 2.40. The third kappa shape index (κ3) is 4.06. The van der Waals surface area contributed by atoms with Crippen molar-refractivity contribution in [2.24, 2.45) is 17.6 Å². The van der Waals surface area contributed by atoms with Gasteiger partial charge >= 0.3 is 0 Å². The molecule has 0 bridgehead atoms. The van der Waals surface area contributed by atoms with Crippen LogP contribution in [-0.2, 0) is 14.8 Å². The van der Waals surface area contributed by atoms with Crippen LogP contribution >= 0.6 is 11.6 Å². The van der Waals surface area contributed by atoms with Gasteiger partial charge in [0.15, 0.2) is 0 Å². The first-order chi connectivity index (χ1) is 13.1.